The van der Waals surface area contributed by atoms with Crippen molar-refractivity contribution in [3.8, 4) is 0 Å². The van der Waals surface area contributed by atoms with Crippen LogP contribution in [-0.4, -0.2) is 0 Å². The van der Waals surface area contributed by atoms with Crippen LogP contribution in [0.5, 0.6) is 0 Å². The molecule has 1 fully saturated rings. The van der Waals surface area contributed by atoms with E-state index in [1.807, 2.05) is 0 Å². The van der Waals surface area contributed by atoms with Crippen molar-refractivity contribution in [1.29, 1.82) is 0 Å². The van der Waals surface area contributed by atoms with Gasteiger partial charge in [0.15, 0.2) is 0 Å². The lowest BCUT2D eigenvalue weighted by atomic mass is 9.71. The molecular weight excluding hydrogens is 144 g/mol. The van der Waals surface area contributed by atoms with E-state index >= 15 is 0 Å². The smallest absolute Gasteiger partial charge is 0.0386 e. The highest BCUT2D eigenvalue weighted by Crippen LogP contribution is 2.38. The highest BCUT2D eigenvalue weighted by Gasteiger charge is 2.26. The van der Waals surface area contributed by atoms with Crippen molar-refractivity contribution >= 4 is 0 Å². The van der Waals surface area contributed by atoms with Gasteiger partial charge in [-0.25, -0.2) is 0 Å². The molecule has 1 saturated carbocycles. The van der Waals surface area contributed by atoms with Gasteiger partial charge in [-0.2, -0.15) is 0 Å². The van der Waals surface area contributed by atoms with Gasteiger partial charge in [0.25, 0.3) is 0 Å². The minimum Gasteiger partial charge on any atom is -0.0651 e. The second-order valence-electron chi connectivity index (χ2n) is 4.42. The molecule has 3 atom stereocenters. The molecule has 0 aromatic carbocycles. The van der Waals surface area contributed by atoms with Crippen molar-refractivity contribution in [3.05, 3.63) is 0 Å². The van der Waals surface area contributed by atoms with Gasteiger partial charge in [-0.3, -0.25) is 0 Å². The molecule has 0 spiro atoms. The zero-order valence-electron chi connectivity index (χ0n) is 8.97. The van der Waals surface area contributed by atoms with E-state index in [-0.39, 0.29) is 0 Å². The first-order chi connectivity index (χ1) is 5.81. The Morgan fingerprint density at radius 1 is 0.833 bits per heavy atom. The Labute approximate surface area is 77.7 Å². The molecule has 0 N–H and O–H groups in total. The van der Waals surface area contributed by atoms with Gasteiger partial charge in [0.1, 0.15) is 0 Å². The van der Waals surface area contributed by atoms with Crippen LogP contribution in [0.4, 0.5) is 0 Å². The maximum absolute atomic E-state index is 2.37. The van der Waals surface area contributed by atoms with Gasteiger partial charge in [-0.05, 0) is 30.6 Å². The van der Waals surface area contributed by atoms with Crippen LogP contribution in [0.2, 0.25) is 0 Å². The SMILES string of the molecule is CCC1CCC(CC)C(CC)C1. The van der Waals surface area contributed by atoms with Crippen LogP contribution in [0.15, 0.2) is 0 Å². The lowest BCUT2D eigenvalue weighted by Crippen LogP contribution is -2.23. The van der Waals surface area contributed by atoms with Crippen molar-refractivity contribution in [2.75, 3.05) is 0 Å². The quantitative estimate of drug-likeness (QED) is 0.591. The van der Waals surface area contributed by atoms with Crippen molar-refractivity contribution in [1.82, 2.24) is 0 Å². The average Bonchev–Trinajstić information content (AvgIpc) is 2.16. The third kappa shape index (κ3) is 2.24. The number of hydrogen-bond donors (Lipinski definition) is 0. The first-order valence-corrected chi connectivity index (χ1v) is 5.81. The summed E-state index contributed by atoms with van der Waals surface area (Å²) in [6.45, 7) is 7.08. The first-order valence-electron chi connectivity index (χ1n) is 5.81. The van der Waals surface area contributed by atoms with Crippen molar-refractivity contribution in [2.45, 2.75) is 59.3 Å². The normalized spacial score (nSPS) is 36.8. The molecule has 0 aromatic rings. The molecule has 0 aromatic heterocycles. The Balaban J connectivity index is 2.41. The van der Waals surface area contributed by atoms with Gasteiger partial charge in [0.05, 0.1) is 0 Å². The lowest BCUT2D eigenvalue weighted by Gasteiger charge is -2.35. The fourth-order valence-corrected chi connectivity index (χ4v) is 2.83. The molecule has 72 valence electrons. The van der Waals surface area contributed by atoms with Gasteiger partial charge >= 0.3 is 0 Å². The molecular formula is C12H24. The van der Waals surface area contributed by atoms with Gasteiger partial charge in [-0.1, -0.05) is 46.5 Å². The van der Waals surface area contributed by atoms with E-state index in [2.05, 4.69) is 20.8 Å². The summed E-state index contributed by atoms with van der Waals surface area (Å²) in [5, 5.41) is 0. The molecule has 12 heavy (non-hydrogen) atoms. The van der Waals surface area contributed by atoms with E-state index in [9.17, 15) is 0 Å². The fraction of sp³-hybridized carbons (Fsp3) is 1.00. The predicted octanol–water partition coefficient (Wildman–Crippen LogP) is 4.25. The molecule has 0 bridgehead atoms. The summed E-state index contributed by atoms with van der Waals surface area (Å²) in [7, 11) is 0. The molecule has 1 rings (SSSR count). The Morgan fingerprint density at radius 2 is 1.50 bits per heavy atom. The summed E-state index contributed by atoms with van der Waals surface area (Å²) in [5.74, 6) is 3.16. The topological polar surface area (TPSA) is 0 Å². The Morgan fingerprint density at radius 3 is 2.00 bits per heavy atom. The van der Waals surface area contributed by atoms with E-state index in [4.69, 9.17) is 0 Å². The molecule has 3 unspecified atom stereocenters. The van der Waals surface area contributed by atoms with Crippen LogP contribution in [0.25, 0.3) is 0 Å². The maximum atomic E-state index is 2.37. The summed E-state index contributed by atoms with van der Waals surface area (Å²) < 4.78 is 0. The third-order valence-corrected chi connectivity index (χ3v) is 3.87. The van der Waals surface area contributed by atoms with Crippen molar-refractivity contribution in [2.24, 2.45) is 17.8 Å². The zero-order valence-corrected chi connectivity index (χ0v) is 8.97. The Kier molecular flexibility index (Phi) is 4.11. The summed E-state index contributed by atoms with van der Waals surface area (Å²) in [6.07, 6.45) is 8.77. The minimum atomic E-state index is 1.05. The number of rotatable bonds is 3. The highest BCUT2D eigenvalue weighted by atomic mass is 14.3. The summed E-state index contributed by atoms with van der Waals surface area (Å²) in [4.78, 5) is 0. The fourth-order valence-electron chi connectivity index (χ4n) is 2.83. The number of hydrogen-bond acceptors (Lipinski definition) is 0. The molecule has 1 aliphatic carbocycles. The molecule has 0 heteroatoms. The monoisotopic (exact) mass is 168 g/mol. The molecule has 0 heterocycles. The average molecular weight is 168 g/mol. The van der Waals surface area contributed by atoms with Gasteiger partial charge in [0, 0.05) is 0 Å². The van der Waals surface area contributed by atoms with Crippen LogP contribution in [-0.2, 0) is 0 Å². The zero-order chi connectivity index (χ0) is 8.97. The second-order valence-corrected chi connectivity index (χ2v) is 4.42. The third-order valence-electron chi connectivity index (χ3n) is 3.87. The van der Waals surface area contributed by atoms with E-state index in [1.54, 1.807) is 0 Å². The van der Waals surface area contributed by atoms with Crippen LogP contribution in [0.3, 0.4) is 0 Å². The standard InChI is InChI=1S/C12H24/c1-4-10-7-8-11(5-2)12(6-3)9-10/h10-12H,4-9H2,1-3H3. The molecule has 0 saturated heterocycles. The van der Waals surface area contributed by atoms with Gasteiger partial charge < -0.3 is 0 Å². The molecule has 0 nitrogen and oxygen atoms in total. The van der Waals surface area contributed by atoms with Crippen molar-refractivity contribution < 1.29 is 0 Å². The van der Waals surface area contributed by atoms with Crippen LogP contribution < -0.4 is 0 Å². The largest absolute Gasteiger partial charge is 0.0651 e. The second kappa shape index (κ2) is 4.89. The van der Waals surface area contributed by atoms with Gasteiger partial charge in [0.2, 0.25) is 0 Å². The summed E-state index contributed by atoms with van der Waals surface area (Å²) >= 11 is 0. The maximum Gasteiger partial charge on any atom is -0.0386 e. The first kappa shape index (κ1) is 10.1. The van der Waals surface area contributed by atoms with E-state index in [0.29, 0.717) is 0 Å². The highest BCUT2D eigenvalue weighted by molar-refractivity contribution is 4.78. The molecule has 1 aliphatic rings. The van der Waals surface area contributed by atoms with Crippen LogP contribution >= 0.6 is 0 Å². The Bertz CT molecular complexity index is 117. The van der Waals surface area contributed by atoms with E-state index in [0.717, 1.165) is 17.8 Å². The molecule has 0 aliphatic heterocycles. The van der Waals surface area contributed by atoms with Crippen molar-refractivity contribution in [3.63, 3.8) is 0 Å². The van der Waals surface area contributed by atoms with Gasteiger partial charge in [-0.15, -0.1) is 0 Å². The molecule has 0 radical (unpaired) electrons. The molecule has 0 amide bonds. The minimum absolute atomic E-state index is 1.05. The van der Waals surface area contributed by atoms with E-state index in [1.165, 1.54) is 38.5 Å². The summed E-state index contributed by atoms with van der Waals surface area (Å²) in [6, 6.07) is 0. The lowest BCUT2D eigenvalue weighted by molar-refractivity contribution is 0.167. The van der Waals surface area contributed by atoms with Crippen LogP contribution in [0, 0.1) is 17.8 Å². The Hall–Kier alpha value is 0. The predicted molar refractivity (Wildman–Crippen MR) is 55.2 cm³/mol. The van der Waals surface area contributed by atoms with E-state index < -0.39 is 0 Å². The summed E-state index contributed by atoms with van der Waals surface area (Å²) in [5.41, 5.74) is 0. The van der Waals surface area contributed by atoms with Crippen LogP contribution in [0.1, 0.15) is 59.3 Å².